The molecule has 1 saturated heterocycles. The van der Waals surface area contributed by atoms with E-state index in [2.05, 4.69) is 21.7 Å². The molecule has 2 aliphatic carbocycles. The average molecular weight is 373 g/mol. The summed E-state index contributed by atoms with van der Waals surface area (Å²) >= 11 is 0. The van der Waals surface area contributed by atoms with E-state index >= 15 is 0 Å². The first-order chi connectivity index (χ1) is 13.2. The summed E-state index contributed by atoms with van der Waals surface area (Å²) in [5.41, 5.74) is 0.716. The van der Waals surface area contributed by atoms with Crippen molar-refractivity contribution in [1.82, 2.24) is 15.6 Å². The fourth-order valence-electron chi connectivity index (χ4n) is 5.35. The molecule has 3 fully saturated rings. The Bertz CT molecular complexity index is 641. The maximum atomic E-state index is 12.9. The molecule has 1 aliphatic heterocycles. The average Bonchev–Trinajstić information content (AvgIpc) is 3.30. The van der Waals surface area contributed by atoms with Crippen LogP contribution in [-0.2, 0) is 15.9 Å². The minimum Gasteiger partial charge on any atom is -0.348 e. The Labute approximate surface area is 161 Å². The van der Waals surface area contributed by atoms with E-state index in [0.717, 1.165) is 57.1 Å². The van der Waals surface area contributed by atoms with E-state index in [0.29, 0.717) is 19.1 Å². The number of carbonyl (C=O) groups excluding carboxylic acids is 1. The predicted molar refractivity (Wildman–Crippen MR) is 102 cm³/mol. The smallest absolute Gasteiger partial charge is 0.315 e. The van der Waals surface area contributed by atoms with Gasteiger partial charge in [0.05, 0.1) is 12.1 Å². The van der Waals surface area contributed by atoms with Crippen molar-refractivity contribution in [3.63, 3.8) is 0 Å². The molecule has 0 spiro atoms. The van der Waals surface area contributed by atoms with Gasteiger partial charge in [-0.25, -0.2) is 4.79 Å². The lowest BCUT2D eigenvalue weighted by molar-refractivity contribution is -0.227. The predicted octanol–water partition coefficient (Wildman–Crippen LogP) is 3.17. The number of pyridine rings is 1. The minimum absolute atomic E-state index is 0.0793. The molecular weight excluding hydrogens is 342 g/mol. The SMILES string of the molecule is CCO[C@]12CCC[C@@]1(NC(=O)NC1CCCC1Cc1ccccn1)CCO2. The molecule has 148 valence electrons. The van der Waals surface area contributed by atoms with Gasteiger partial charge in [-0.15, -0.1) is 0 Å². The van der Waals surface area contributed by atoms with Crippen molar-refractivity contribution in [3.05, 3.63) is 30.1 Å². The van der Waals surface area contributed by atoms with Crippen LogP contribution in [0.4, 0.5) is 4.79 Å². The third kappa shape index (κ3) is 3.57. The Balaban J connectivity index is 1.38. The Hall–Kier alpha value is -1.66. The van der Waals surface area contributed by atoms with Gasteiger partial charge in [0.25, 0.3) is 0 Å². The van der Waals surface area contributed by atoms with Gasteiger partial charge in [0.15, 0.2) is 5.79 Å². The molecule has 2 unspecified atom stereocenters. The van der Waals surface area contributed by atoms with E-state index < -0.39 is 5.79 Å². The summed E-state index contributed by atoms with van der Waals surface area (Å²) in [5, 5.41) is 6.53. The summed E-state index contributed by atoms with van der Waals surface area (Å²) in [6.07, 6.45) is 9.70. The van der Waals surface area contributed by atoms with Gasteiger partial charge < -0.3 is 20.1 Å². The van der Waals surface area contributed by atoms with Crippen LogP contribution >= 0.6 is 0 Å². The maximum absolute atomic E-state index is 12.9. The molecule has 2 heterocycles. The number of amides is 2. The second-order valence-corrected chi connectivity index (χ2v) is 8.14. The molecule has 2 amide bonds. The van der Waals surface area contributed by atoms with Crippen molar-refractivity contribution < 1.29 is 14.3 Å². The van der Waals surface area contributed by atoms with Crippen LogP contribution in [0.1, 0.15) is 57.6 Å². The summed E-state index contributed by atoms with van der Waals surface area (Å²) in [7, 11) is 0. The number of nitrogens with zero attached hydrogens (tertiary/aromatic N) is 1. The molecule has 1 aromatic rings. The third-order valence-corrected chi connectivity index (χ3v) is 6.61. The van der Waals surface area contributed by atoms with Crippen molar-refractivity contribution >= 4 is 6.03 Å². The Morgan fingerprint density at radius 3 is 3.04 bits per heavy atom. The van der Waals surface area contributed by atoms with Crippen LogP contribution in [0.3, 0.4) is 0 Å². The molecule has 2 saturated carbocycles. The van der Waals surface area contributed by atoms with Crippen molar-refractivity contribution in [2.75, 3.05) is 13.2 Å². The number of carbonyl (C=O) groups is 1. The number of ether oxygens (including phenoxy) is 2. The maximum Gasteiger partial charge on any atom is 0.315 e. The van der Waals surface area contributed by atoms with E-state index in [1.54, 1.807) is 0 Å². The summed E-state index contributed by atoms with van der Waals surface area (Å²) in [5.74, 6) is -0.189. The van der Waals surface area contributed by atoms with E-state index in [4.69, 9.17) is 9.47 Å². The lowest BCUT2D eigenvalue weighted by Gasteiger charge is -2.39. The fourth-order valence-corrected chi connectivity index (χ4v) is 5.35. The first-order valence-corrected chi connectivity index (χ1v) is 10.4. The van der Waals surface area contributed by atoms with Crippen LogP contribution in [0, 0.1) is 5.92 Å². The highest BCUT2D eigenvalue weighted by Gasteiger charge is 2.61. The number of rotatable bonds is 6. The second kappa shape index (κ2) is 7.76. The van der Waals surface area contributed by atoms with Crippen molar-refractivity contribution in [2.45, 2.75) is 75.7 Å². The number of aromatic nitrogens is 1. The first-order valence-electron chi connectivity index (χ1n) is 10.4. The summed E-state index contributed by atoms with van der Waals surface area (Å²) in [6, 6.07) is 6.16. The second-order valence-electron chi connectivity index (χ2n) is 8.14. The molecule has 27 heavy (non-hydrogen) atoms. The van der Waals surface area contributed by atoms with Gasteiger partial charge in [-0.1, -0.05) is 12.5 Å². The zero-order valence-electron chi connectivity index (χ0n) is 16.2. The number of fused-ring (bicyclic) bond motifs is 1. The van der Waals surface area contributed by atoms with Crippen LogP contribution < -0.4 is 10.6 Å². The van der Waals surface area contributed by atoms with Crippen LogP contribution in [0.25, 0.3) is 0 Å². The highest BCUT2D eigenvalue weighted by molar-refractivity contribution is 5.75. The van der Waals surface area contributed by atoms with Crippen LogP contribution in [-0.4, -0.2) is 41.6 Å². The summed E-state index contributed by atoms with van der Waals surface area (Å²) in [4.78, 5) is 17.3. The fraction of sp³-hybridized carbons (Fsp3) is 0.714. The molecule has 0 bridgehead atoms. The van der Waals surface area contributed by atoms with Gasteiger partial charge in [0, 0.05) is 31.0 Å². The highest BCUT2D eigenvalue weighted by atomic mass is 16.7. The van der Waals surface area contributed by atoms with E-state index in [1.807, 2.05) is 25.3 Å². The number of hydrogen-bond acceptors (Lipinski definition) is 4. The van der Waals surface area contributed by atoms with Gasteiger partial charge in [-0.2, -0.15) is 0 Å². The van der Waals surface area contributed by atoms with Gasteiger partial charge in [0.2, 0.25) is 0 Å². The van der Waals surface area contributed by atoms with E-state index in [1.165, 1.54) is 0 Å². The molecule has 4 rings (SSSR count). The molecule has 4 atom stereocenters. The monoisotopic (exact) mass is 373 g/mol. The van der Waals surface area contributed by atoms with Gasteiger partial charge in [-0.3, -0.25) is 4.98 Å². The standard InChI is InChI=1S/C21H31N3O3/c1-2-26-21-11-6-10-20(21,12-14-27-21)24-19(25)23-18-9-5-7-16(18)15-17-8-3-4-13-22-17/h3-4,8,13,16,18H,2,5-7,9-12,14-15H2,1H3,(H2,23,24,25)/t16?,18?,20-,21+/m1/s1. The number of hydrogen-bond donors (Lipinski definition) is 2. The molecule has 3 aliphatic rings. The topological polar surface area (TPSA) is 72.5 Å². The van der Waals surface area contributed by atoms with Gasteiger partial charge in [0.1, 0.15) is 0 Å². The third-order valence-electron chi connectivity index (χ3n) is 6.61. The van der Waals surface area contributed by atoms with Crippen LogP contribution in [0.2, 0.25) is 0 Å². The molecule has 6 heteroatoms. The van der Waals surface area contributed by atoms with E-state index in [-0.39, 0.29) is 17.6 Å². The zero-order valence-corrected chi connectivity index (χ0v) is 16.2. The Kier molecular flexibility index (Phi) is 5.37. The van der Waals surface area contributed by atoms with Crippen molar-refractivity contribution in [2.24, 2.45) is 5.92 Å². The number of urea groups is 1. The lowest BCUT2D eigenvalue weighted by atomic mass is 9.90. The minimum atomic E-state index is -0.637. The first kappa shape index (κ1) is 18.7. The van der Waals surface area contributed by atoms with Crippen LogP contribution in [0.5, 0.6) is 0 Å². The zero-order chi connectivity index (χ0) is 18.7. The summed E-state index contributed by atoms with van der Waals surface area (Å²) in [6.45, 7) is 3.23. The highest BCUT2D eigenvalue weighted by Crippen LogP contribution is 2.49. The van der Waals surface area contributed by atoms with E-state index in [9.17, 15) is 4.79 Å². The van der Waals surface area contributed by atoms with Gasteiger partial charge in [-0.05, 0) is 63.5 Å². The van der Waals surface area contributed by atoms with Gasteiger partial charge >= 0.3 is 6.03 Å². The normalized spacial score (nSPS) is 35.1. The van der Waals surface area contributed by atoms with Crippen molar-refractivity contribution in [1.29, 1.82) is 0 Å². The Morgan fingerprint density at radius 2 is 2.22 bits per heavy atom. The molecule has 0 radical (unpaired) electrons. The number of nitrogens with one attached hydrogen (secondary N) is 2. The quantitative estimate of drug-likeness (QED) is 0.803. The lowest BCUT2D eigenvalue weighted by Crippen LogP contribution is -2.62. The van der Waals surface area contributed by atoms with Crippen molar-refractivity contribution in [3.8, 4) is 0 Å². The molecule has 0 aromatic carbocycles. The largest absolute Gasteiger partial charge is 0.348 e. The molecule has 2 N–H and O–H groups in total. The molecule has 6 nitrogen and oxygen atoms in total. The molecule has 1 aromatic heterocycles. The Morgan fingerprint density at radius 1 is 1.30 bits per heavy atom. The molecular formula is C21H31N3O3. The van der Waals surface area contributed by atoms with Crippen LogP contribution in [0.15, 0.2) is 24.4 Å². The summed E-state index contributed by atoms with van der Waals surface area (Å²) < 4.78 is 12.0.